The van der Waals surface area contributed by atoms with Gasteiger partial charge in [-0.05, 0) is 55.9 Å². The summed E-state index contributed by atoms with van der Waals surface area (Å²) in [6.45, 7) is 12.9. The standard InChI is InChI=1S/C22H24BNO3/c1-20(2)15-9-10-17-19(25-12-24-17)18(15)14-8-7-13(11-16(14)20)23-26-21(3,4)22(5,6)27-23/h7-12H,1-6H3. The summed E-state index contributed by atoms with van der Waals surface area (Å²) in [5, 5.41) is 0. The minimum atomic E-state index is -0.356. The van der Waals surface area contributed by atoms with Crippen LogP contribution in [-0.4, -0.2) is 23.3 Å². The van der Waals surface area contributed by atoms with Gasteiger partial charge >= 0.3 is 7.12 Å². The van der Waals surface area contributed by atoms with E-state index in [9.17, 15) is 0 Å². The smallest absolute Gasteiger partial charge is 0.443 e. The average Bonchev–Trinajstić information content (AvgIpc) is 3.21. The first-order valence-electron chi connectivity index (χ1n) is 9.49. The van der Waals surface area contributed by atoms with Gasteiger partial charge in [-0.2, -0.15) is 0 Å². The van der Waals surface area contributed by atoms with E-state index in [-0.39, 0.29) is 23.7 Å². The molecule has 0 atom stereocenters. The molecule has 2 aliphatic rings. The molecule has 1 fully saturated rings. The fourth-order valence-electron chi connectivity index (χ4n) is 4.28. The zero-order valence-electron chi connectivity index (χ0n) is 16.7. The van der Waals surface area contributed by atoms with Crippen LogP contribution in [0, 0.1) is 0 Å². The molecule has 5 heteroatoms. The van der Waals surface area contributed by atoms with Crippen LogP contribution >= 0.6 is 0 Å². The summed E-state index contributed by atoms with van der Waals surface area (Å²) in [5.41, 5.74) is 6.91. The van der Waals surface area contributed by atoms with E-state index < -0.39 is 0 Å². The SMILES string of the molecule is CC1(C)c2cc(B3OC(C)(C)C(C)(C)O3)ccc2-c2c1ccc1ncoc21. The molecule has 3 aromatic rings. The van der Waals surface area contributed by atoms with E-state index in [4.69, 9.17) is 13.7 Å². The molecule has 0 radical (unpaired) electrons. The molecule has 4 nitrogen and oxygen atoms in total. The van der Waals surface area contributed by atoms with Gasteiger partial charge < -0.3 is 13.7 Å². The van der Waals surface area contributed by atoms with Gasteiger partial charge in [0.05, 0.1) is 11.2 Å². The third-order valence-electron chi connectivity index (χ3n) is 6.68. The quantitative estimate of drug-likeness (QED) is 0.602. The van der Waals surface area contributed by atoms with Gasteiger partial charge in [0.25, 0.3) is 0 Å². The van der Waals surface area contributed by atoms with Crippen molar-refractivity contribution in [2.24, 2.45) is 0 Å². The van der Waals surface area contributed by atoms with Gasteiger partial charge in [-0.3, -0.25) is 0 Å². The molecule has 1 aliphatic heterocycles. The van der Waals surface area contributed by atoms with Crippen LogP contribution in [0.5, 0.6) is 0 Å². The average molecular weight is 361 g/mol. The lowest BCUT2D eigenvalue weighted by molar-refractivity contribution is 0.00578. The molecule has 0 amide bonds. The molecule has 2 aromatic carbocycles. The molecule has 5 rings (SSSR count). The highest BCUT2D eigenvalue weighted by Gasteiger charge is 2.52. The van der Waals surface area contributed by atoms with Gasteiger partial charge in [-0.15, -0.1) is 0 Å². The van der Waals surface area contributed by atoms with E-state index in [0.717, 1.165) is 22.1 Å². The molecule has 0 unspecified atom stereocenters. The first kappa shape index (κ1) is 17.0. The fourth-order valence-corrected chi connectivity index (χ4v) is 4.28. The number of rotatable bonds is 1. The van der Waals surface area contributed by atoms with E-state index >= 15 is 0 Å². The highest BCUT2D eigenvalue weighted by molar-refractivity contribution is 6.62. The maximum absolute atomic E-state index is 6.26. The maximum atomic E-state index is 6.26. The molecule has 27 heavy (non-hydrogen) atoms. The van der Waals surface area contributed by atoms with E-state index in [1.165, 1.54) is 23.1 Å². The summed E-state index contributed by atoms with van der Waals surface area (Å²) in [6, 6.07) is 10.7. The largest absolute Gasteiger partial charge is 0.494 e. The topological polar surface area (TPSA) is 44.5 Å². The van der Waals surface area contributed by atoms with Crippen LogP contribution in [0.1, 0.15) is 52.7 Å². The van der Waals surface area contributed by atoms with Crippen molar-refractivity contribution < 1.29 is 13.7 Å². The molecule has 1 aliphatic carbocycles. The molecule has 0 saturated carbocycles. The highest BCUT2D eigenvalue weighted by atomic mass is 16.7. The number of fused-ring (bicyclic) bond motifs is 5. The van der Waals surface area contributed by atoms with Gasteiger partial charge in [-0.25, -0.2) is 4.98 Å². The van der Waals surface area contributed by atoms with Crippen LogP contribution in [0.4, 0.5) is 0 Å². The van der Waals surface area contributed by atoms with Gasteiger partial charge in [0.2, 0.25) is 0 Å². The molecule has 2 heterocycles. The summed E-state index contributed by atoms with van der Waals surface area (Å²) >= 11 is 0. The van der Waals surface area contributed by atoms with Crippen molar-refractivity contribution in [1.82, 2.24) is 4.98 Å². The Morgan fingerprint density at radius 2 is 1.56 bits per heavy atom. The third-order valence-corrected chi connectivity index (χ3v) is 6.68. The molecule has 138 valence electrons. The van der Waals surface area contributed by atoms with Crippen molar-refractivity contribution in [1.29, 1.82) is 0 Å². The Balaban J connectivity index is 1.66. The zero-order chi connectivity index (χ0) is 19.2. The first-order valence-corrected chi connectivity index (χ1v) is 9.49. The minimum Gasteiger partial charge on any atom is -0.443 e. The summed E-state index contributed by atoms with van der Waals surface area (Å²) in [6.07, 6.45) is 1.52. The van der Waals surface area contributed by atoms with Crippen molar-refractivity contribution in [2.75, 3.05) is 0 Å². The highest BCUT2D eigenvalue weighted by Crippen LogP contribution is 2.51. The van der Waals surface area contributed by atoms with E-state index in [1.807, 2.05) is 6.07 Å². The van der Waals surface area contributed by atoms with Crippen LogP contribution in [0.2, 0.25) is 0 Å². The Labute approximate surface area is 160 Å². The summed E-state index contributed by atoms with van der Waals surface area (Å²) in [4.78, 5) is 4.32. The Bertz CT molecular complexity index is 1060. The maximum Gasteiger partial charge on any atom is 0.494 e. The lowest BCUT2D eigenvalue weighted by atomic mass is 9.74. The van der Waals surface area contributed by atoms with Crippen molar-refractivity contribution >= 4 is 23.7 Å². The molecule has 1 aromatic heterocycles. The van der Waals surface area contributed by atoms with Crippen LogP contribution in [0.15, 0.2) is 41.1 Å². The lowest BCUT2D eigenvalue weighted by Gasteiger charge is -2.32. The van der Waals surface area contributed by atoms with Crippen LogP contribution in [0.3, 0.4) is 0 Å². The minimum absolute atomic E-state index is 0.120. The molecule has 0 spiro atoms. The van der Waals surface area contributed by atoms with Crippen LogP contribution in [0.25, 0.3) is 22.2 Å². The van der Waals surface area contributed by atoms with Crippen molar-refractivity contribution in [3.8, 4) is 11.1 Å². The number of aromatic nitrogens is 1. The zero-order valence-corrected chi connectivity index (χ0v) is 16.7. The van der Waals surface area contributed by atoms with Crippen molar-refractivity contribution in [2.45, 2.75) is 58.2 Å². The number of nitrogens with zero attached hydrogens (tertiary/aromatic N) is 1. The summed E-state index contributed by atoms with van der Waals surface area (Å²) < 4.78 is 18.3. The van der Waals surface area contributed by atoms with Crippen LogP contribution in [-0.2, 0) is 14.7 Å². The normalized spacial score (nSPS) is 21.5. The monoisotopic (exact) mass is 361 g/mol. The number of benzene rings is 2. The molecule has 1 saturated heterocycles. The Kier molecular flexibility index (Phi) is 3.17. The van der Waals surface area contributed by atoms with Crippen molar-refractivity contribution in [3.05, 3.63) is 47.9 Å². The molecule has 0 bridgehead atoms. The Morgan fingerprint density at radius 1 is 0.852 bits per heavy atom. The second-order valence-corrected chi connectivity index (χ2v) is 9.21. The first-order chi connectivity index (χ1) is 12.6. The Morgan fingerprint density at radius 3 is 2.26 bits per heavy atom. The third kappa shape index (κ3) is 2.16. The van der Waals surface area contributed by atoms with E-state index in [0.29, 0.717) is 0 Å². The van der Waals surface area contributed by atoms with Gasteiger partial charge in [0.15, 0.2) is 12.0 Å². The van der Waals surface area contributed by atoms with E-state index in [1.54, 1.807) is 0 Å². The molecular weight excluding hydrogens is 337 g/mol. The van der Waals surface area contributed by atoms with Crippen LogP contribution < -0.4 is 5.46 Å². The number of oxazole rings is 1. The Hall–Kier alpha value is -2.11. The molecule has 0 N–H and O–H groups in total. The van der Waals surface area contributed by atoms with Gasteiger partial charge in [0, 0.05) is 11.0 Å². The predicted octanol–water partition coefficient (Wildman–Crippen LogP) is 4.43. The second kappa shape index (κ2) is 5.03. The summed E-state index contributed by atoms with van der Waals surface area (Å²) in [7, 11) is -0.356. The van der Waals surface area contributed by atoms with Gasteiger partial charge in [0.1, 0.15) is 5.52 Å². The van der Waals surface area contributed by atoms with E-state index in [2.05, 4.69) is 70.8 Å². The second-order valence-electron chi connectivity index (χ2n) is 9.21. The molecular formula is C22H24BNO3. The number of hydrogen-bond donors (Lipinski definition) is 0. The van der Waals surface area contributed by atoms with Gasteiger partial charge in [-0.1, -0.05) is 38.1 Å². The van der Waals surface area contributed by atoms with Crippen molar-refractivity contribution in [3.63, 3.8) is 0 Å². The summed E-state index contributed by atoms with van der Waals surface area (Å²) in [5.74, 6) is 0. The fraction of sp³-hybridized carbons (Fsp3) is 0.409. The number of hydrogen-bond acceptors (Lipinski definition) is 4. The lowest BCUT2D eigenvalue weighted by Crippen LogP contribution is -2.41. The predicted molar refractivity (Wildman–Crippen MR) is 107 cm³/mol.